The van der Waals surface area contributed by atoms with E-state index in [1.54, 1.807) is 6.20 Å². The molecule has 1 amide bonds. The van der Waals surface area contributed by atoms with E-state index in [0.717, 1.165) is 4.47 Å². The van der Waals surface area contributed by atoms with E-state index in [4.69, 9.17) is 0 Å². The Hall–Kier alpha value is -0.810. The number of aromatic amines is 1. The Kier molecular flexibility index (Phi) is 2.13. The summed E-state index contributed by atoms with van der Waals surface area (Å²) in [6, 6.07) is 0. The lowest BCUT2D eigenvalue weighted by atomic mass is 10.1. The predicted molar refractivity (Wildman–Crippen MR) is 50.4 cm³/mol. The van der Waals surface area contributed by atoms with Crippen LogP contribution in [0.2, 0.25) is 0 Å². The molecule has 13 heavy (non-hydrogen) atoms. The van der Waals surface area contributed by atoms with E-state index in [1.807, 2.05) is 0 Å². The van der Waals surface area contributed by atoms with Crippen LogP contribution in [0.4, 0.5) is 0 Å². The van der Waals surface area contributed by atoms with Gasteiger partial charge in [0, 0.05) is 22.8 Å². The van der Waals surface area contributed by atoms with Gasteiger partial charge in [-0.1, -0.05) is 0 Å². The first-order chi connectivity index (χ1) is 6.20. The second-order valence-electron chi connectivity index (χ2n) is 2.99. The molecule has 1 aliphatic rings. The second-order valence-corrected chi connectivity index (χ2v) is 3.84. The number of amides is 1. The molecule has 0 bridgehead atoms. The van der Waals surface area contributed by atoms with Crippen LogP contribution in [-0.4, -0.2) is 22.5 Å². The van der Waals surface area contributed by atoms with Crippen LogP contribution in [0.25, 0.3) is 0 Å². The quantitative estimate of drug-likeness (QED) is 0.637. The van der Waals surface area contributed by atoms with Crippen molar-refractivity contribution in [1.29, 1.82) is 0 Å². The second kappa shape index (κ2) is 3.16. The third-order valence-corrected chi connectivity index (χ3v) is 2.79. The number of aliphatic hydroxyl groups is 1. The highest BCUT2D eigenvalue weighted by Crippen LogP contribution is 2.30. The van der Waals surface area contributed by atoms with Gasteiger partial charge in [0.25, 0.3) is 5.91 Å². The first-order valence-corrected chi connectivity index (χ1v) is 4.82. The molecule has 0 radical (unpaired) electrons. The topological polar surface area (TPSA) is 65.1 Å². The molecule has 0 spiro atoms. The van der Waals surface area contributed by atoms with Gasteiger partial charge in [-0.3, -0.25) is 4.79 Å². The molecule has 4 nitrogen and oxygen atoms in total. The predicted octanol–water partition coefficient (Wildman–Crippen LogP) is 0.944. The zero-order chi connectivity index (χ0) is 9.42. The molecule has 2 heterocycles. The summed E-state index contributed by atoms with van der Waals surface area (Å²) < 4.78 is 0.757. The first kappa shape index (κ1) is 8.77. The van der Waals surface area contributed by atoms with E-state index >= 15 is 0 Å². The summed E-state index contributed by atoms with van der Waals surface area (Å²) in [5.74, 6) is -0.155. The summed E-state index contributed by atoms with van der Waals surface area (Å²) in [5, 5.41) is 12.4. The van der Waals surface area contributed by atoms with Crippen LogP contribution in [0.1, 0.15) is 28.6 Å². The van der Waals surface area contributed by atoms with Crippen molar-refractivity contribution in [2.45, 2.75) is 12.5 Å². The number of H-pyrrole nitrogens is 1. The number of nitrogens with one attached hydrogen (secondary N) is 2. The van der Waals surface area contributed by atoms with E-state index in [0.29, 0.717) is 24.2 Å². The monoisotopic (exact) mass is 244 g/mol. The number of carbonyl (C=O) groups excluding carboxylic acids is 1. The van der Waals surface area contributed by atoms with Crippen molar-refractivity contribution in [2.24, 2.45) is 0 Å². The molecule has 1 aromatic rings. The van der Waals surface area contributed by atoms with Crippen LogP contribution >= 0.6 is 15.9 Å². The van der Waals surface area contributed by atoms with E-state index in [2.05, 4.69) is 26.2 Å². The SMILES string of the molecule is O=C1NCC[C@@H](O)c2c(Br)c[nH]c21. The molecule has 70 valence electrons. The van der Waals surface area contributed by atoms with Gasteiger partial charge in [-0.25, -0.2) is 0 Å². The smallest absolute Gasteiger partial charge is 0.268 e. The van der Waals surface area contributed by atoms with Crippen LogP contribution in [-0.2, 0) is 0 Å². The van der Waals surface area contributed by atoms with Crippen LogP contribution in [0.5, 0.6) is 0 Å². The molecule has 0 saturated carbocycles. The van der Waals surface area contributed by atoms with Gasteiger partial charge in [-0.15, -0.1) is 0 Å². The molecular formula is C8H9BrN2O2. The van der Waals surface area contributed by atoms with Gasteiger partial charge in [-0.05, 0) is 22.4 Å². The number of hydrogen-bond acceptors (Lipinski definition) is 2. The fraction of sp³-hybridized carbons (Fsp3) is 0.375. The third-order valence-electron chi connectivity index (χ3n) is 2.13. The van der Waals surface area contributed by atoms with Gasteiger partial charge in [0.05, 0.1) is 6.10 Å². The maximum Gasteiger partial charge on any atom is 0.268 e. The minimum absolute atomic E-state index is 0.155. The van der Waals surface area contributed by atoms with E-state index in [-0.39, 0.29) is 5.91 Å². The summed E-state index contributed by atoms with van der Waals surface area (Å²) >= 11 is 3.28. The molecular weight excluding hydrogens is 236 g/mol. The zero-order valence-electron chi connectivity index (χ0n) is 6.80. The van der Waals surface area contributed by atoms with Crippen molar-refractivity contribution in [2.75, 3.05) is 6.54 Å². The van der Waals surface area contributed by atoms with Crippen LogP contribution < -0.4 is 5.32 Å². The summed E-state index contributed by atoms with van der Waals surface area (Å²) in [6.07, 6.45) is 1.64. The summed E-state index contributed by atoms with van der Waals surface area (Å²) in [5.41, 5.74) is 1.12. The highest BCUT2D eigenvalue weighted by atomic mass is 79.9. The number of aromatic nitrogens is 1. The van der Waals surface area contributed by atoms with Crippen molar-refractivity contribution in [1.82, 2.24) is 10.3 Å². The fourth-order valence-electron chi connectivity index (χ4n) is 1.48. The highest BCUT2D eigenvalue weighted by Gasteiger charge is 2.25. The molecule has 0 saturated heterocycles. The fourth-order valence-corrected chi connectivity index (χ4v) is 2.06. The minimum atomic E-state index is -0.574. The van der Waals surface area contributed by atoms with Gasteiger partial charge in [0.2, 0.25) is 0 Å². The average molecular weight is 245 g/mol. The lowest BCUT2D eigenvalue weighted by Crippen LogP contribution is -2.22. The molecule has 0 unspecified atom stereocenters. The molecule has 2 rings (SSSR count). The number of carbonyl (C=O) groups is 1. The molecule has 0 fully saturated rings. The van der Waals surface area contributed by atoms with Crippen molar-refractivity contribution in [3.05, 3.63) is 21.9 Å². The number of aliphatic hydroxyl groups excluding tert-OH is 1. The van der Waals surface area contributed by atoms with Crippen LogP contribution in [0, 0.1) is 0 Å². The average Bonchev–Trinajstić information content (AvgIpc) is 2.40. The minimum Gasteiger partial charge on any atom is -0.388 e. The van der Waals surface area contributed by atoms with Gasteiger partial charge >= 0.3 is 0 Å². The van der Waals surface area contributed by atoms with Gasteiger partial charge in [-0.2, -0.15) is 0 Å². The molecule has 0 aliphatic carbocycles. The largest absolute Gasteiger partial charge is 0.388 e. The lowest BCUT2D eigenvalue weighted by Gasteiger charge is -2.05. The number of rotatable bonds is 0. The van der Waals surface area contributed by atoms with Crippen molar-refractivity contribution < 1.29 is 9.90 Å². The summed E-state index contributed by atoms with van der Waals surface area (Å²) in [4.78, 5) is 14.2. The normalized spacial score (nSPS) is 22.0. The van der Waals surface area contributed by atoms with Crippen molar-refractivity contribution in [3.63, 3.8) is 0 Å². The van der Waals surface area contributed by atoms with Crippen LogP contribution in [0.15, 0.2) is 10.7 Å². The lowest BCUT2D eigenvalue weighted by molar-refractivity contribution is 0.0951. The molecule has 0 aromatic carbocycles. The highest BCUT2D eigenvalue weighted by molar-refractivity contribution is 9.10. The summed E-state index contributed by atoms with van der Waals surface area (Å²) in [7, 11) is 0. The van der Waals surface area contributed by atoms with Gasteiger partial charge in [0.15, 0.2) is 0 Å². The van der Waals surface area contributed by atoms with Crippen LogP contribution in [0.3, 0.4) is 0 Å². The Morgan fingerprint density at radius 1 is 1.62 bits per heavy atom. The Bertz CT molecular complexity index is 348. The zero-order valence-corrected chi connectivity index (χ0v) is 8.39. The molecule has 5 heteroatoms. The Labute approximate surface area is 83.5 Å². The van der Waals surface area contributed by atoms with Gasteiger partial charge < -0.3 is 15.4 Å². The summed E-state index contributed by atoms with van der Waals surface area (Å²) in [6.45, 7) is 0.509. The molecule has 3 N–H and O–H groups in total. The third kappa shape index (κ3) is 1.38. The number of halogens is 1. The van der Waals surface area contributed by atoms with E-state index < -0.39 is 6.10 Å². The number of hydrogen-bond donors (Lipinski definition) is 3. The Morgan fingerprint density at radius 3 is 3.15 bits per heavy atom. The Balaban J connectivity index is 2.53. The number of fused-ring (bicyclic) bond motifs is 1. The van der Waals surface area contributed by atoms with Crippen molar-refractivity contribution >= 4 is 21.8 Å². The first-order valence-electron chi connectivity index (χ1n) is 4.03. The maximum atomic E-state index is 11.4. The Morgan fingerprint density at radius 2 is 2.38 bits per heavy atom. The molecule has 1 aromatic heterocycles. The van der Waals surface area contributed by atoms with Gasteiger partial charge in [0.1, 0.15) is 5.69 Å². The molecule has 1 aliphatic heterocycles. The standard InChI is InChI=1S/C8H9BrN2O2/c9-4-3-11-7-6(4)5(12)1-2-10-8(7)13/h3,5,11-12H,1-2H2,(H,10,13)/t5-/m1/s1. The van der Waals surface area contributed by atoms with E-state index in [1.165, 1.54) is 0 Å². The van der Waals surface area contributed by atoms with E-state index in [9.17, 15) is 9.90 Å². The maximum absolute atomic E-state index is 11.4. The molecule has 1 atom stereocenters. The van der Waals surface area contributed by atoms with Crippen molar-refractivity contribution in [3.8, 4) is 0 Å².